The van der Waals surface area contributed by atoms with Crippen molar-refractivity contribution in [1.29, 1.82) is 0 Å². The molecule has 1 amide bonds. The number of carbonyl (C=O) groups excluding carboxylic acids is 1. The molecule has 130 valence electrons. The van der Waals surface area contributed by atoms with Gasteiger partial charge in [-0.2, -0.15) is 0 Å². The van der Waals surface area contributed by atoms with E-state index in [0.29, 0.717) is 13.0 Å². The number of carboxylic acids is 1. The van der Waals surface area contributed by atoms with Gasteiger partial charge in [0.15, 0.2) is 0 Å². The normalized spacial score (nSPS) is 19.5. The van der Waals surface area contributed by atoms with Crippen molar-refractivity contribution in [2.45, 2.75) is 24.8 Å². The highest BCUT2D eigenvalue weighted by atomic mass is 16.5. The first-order valence-electron chi connectivity index (χ1n) is 8.31. The minimum Gasteiger partial charge on any atom is -0.481 e. The van der Waals surface area contributed by atoms with Crippen molar-refractivity contribution in [3.05, 3.63) is 60.2 Å². The lowest BCUT2D eigenvalue weighted by molar-refractivity contribution is -0.139. The molecule has 25 heavy (non-hydrogen) atoms. The third-order valence-electron chi connectivity index (χ3n) is 4.42. The smallest absolute Gasteiger partial charge is 0.305 e. The molecule has 0 aromatic heterocycles. The molecule has 0 aliphatic carbocycles. The van der Waals surface area contributed by atoms with Crippen molar-refractivity contribution in [2.75, 3.05) is 13.2 Å². The molecule has 1 atom stereocenters. The average molecular weight is 339 g/mol. The van der Waals surface area contributed by atoms with Gasteiger partial charge in [0.1, 0.15) is 0 Å². The molecule has 0 radical (unpaired) electrons. The number of hydrogen-bond donors (Lipinski definition) is 2. The van der Waals surface area contributed by atoms with Crippen LogP contribution in [0.3, 0.4) is 0 Å². The average Bonchev–Trinajstić information content (AvgIpc) is 3.03. The van der Waals surface area contributed by atoms with Crippen molar-refractivity contribution in [3.8, 4) is 11.1 Å². The number of carbonyl (C=O) groups is 2. The Morgan fingerprint density at radius 3 is 2.32 bits per heavy atom. The molecule has 5 nitrogen and oxygen atoms in total. The summed E-state index contributed by atoms with van der Waals surface area (Å²) < 4.78 is 5.30. The third-order valence-corrected chi connectivity index (χ3v) is 4.42. The lowest BCUT2D eigenvalue weighted by Crippen LogP contribution is -2.51. The molecule has 2 aromatic carbocycles. The highest BCUT2D eigenvalue weighted by molar-refractivity contribution is 5.81. The summed E-state index contributed by atoms with van der Waals surface area (Å²) in [6.07, 6.45) is 0.625. The fraction of sp³-hybridized carbons (Fsp3) is 0.300. The molecule has 1 heterocycles. The van der Waals surface area contributed by atoms with Crippen molar-refractivity contribution in [2.24, 2.45) is 0 Å². The quantitative estimate of drug-likeness (QED) is 0.848. The number of carboxylic acid groups (broad SMARTS) is 1. The van der Waals surface area contributed by atoms with Gasteiger partial charge in [-0.15, -0.1) is 0 Å². The monoisotopic (exact) mass is 339 g/mol. The lowest BCUT2D eigenvalue weighted by atomic mass is 9.93. The van der Waals surface area contributed by atoms with Gasteiger partial charge in [-0.3, -0.25) is 9.59 Å². The number of ether oxygens (including phenoxy) is 1. The van der Waals surface area contributed by atoms with Gasteiger partial charge in [-0.25, -0.2) is 0 Å². The standard InChI is InChI=1S/C20H21NO4/c22-18(21-20(13-19(23)24)10-11-25-14-20)12-15-6-8-17(9-7-15)16-4-2-1-3-5-16/h1-9H,10-14H2,(H,21,22)(H,23,24). The molecule has 0 saturated carbocycles. The van der Waals surface area contributed by atoms with Crippen LogP contribution in [0, 0.1) is 0 Å². The Labute approximate surface area is 146 Å². The lowest BCUT2D eigenvalue weighted by Gasteiger charge is -2.27. The van der Waals surface area contributed by atoms with E-state index in [1.807, 2.05) is 54.6 Å². The van der Waals surface area contributed by atoms with Crippen LogP contribution in [0.5, 0.6) is 0 Å². The third kappa shape index (κ3) is 4.45. The molecule has 1 aliphatic heterocycles. The maximum absolute atomic E-state index is 12.4. The summed E-state index contributed by atoms with van der Waals surface area (Å²) in [7, 11) is 0. The second kappa shape index (κ2) is 7.49. The van der Waals surface area contributed by atoms with E-state index in [9.17, 15) is 9.59 Å². The predicted octanol–water partition coefficient (Wildman–Crippen LogP) is 2.65. The number of amides is 1. The number of rotatable bonds is 6. The summed E-state index contributed by atoms with van der Waals surface area (Å²) in [5.41, 5.74) is 2.33. The topological polar surface area (TPSA) is 75.6 Å². The van der Waals surface area contributed by atoms with Gasteiger partial charge in [-0.1, -0.05) is 54.6 Å². The van der Waals surface area contributed by atoms with Crippen LogP contribution in [-0.2, 0) is 20.7 Å². The van der Waals surface area contributed by atoms with Crippen LogP contribution in [-0.4, -0.2) is 35.7 Å². The Morgan fingerprint density at radius 1 is 1.04 bits per heavy atom. The van der Waals surface area contributed by atoms with Crippen LogP contribution in [0.1, 0.15) is 18.4 Å². The molecule has 5 heteroatoms. The SMILES string of the molecule is O=C(O)CC1(NC(=O)Cc2ccc(-c3ccccc3)cc2)CCOC1. The van der Waals surface area contributed by atoms with Crippen LogP contribution < -0.4 is 5.32 Å². The molecular weight excluding hydrogens is 318 g/mol. The maximum atomic E-state index is 12.4. The zero-order chi connectivity index (χ0) is 17.7. The van der Waals surface area contributed by atoms with Crippen molar-refractivity contribution in [3.63, 3.8) is 0 Å². The molecule has 1 fully saturated rings. The predicted molar refractivity (Wildman–Crippen MR) is 94.1 cm³/mol. The highest BCUT2D eigenvalue weighted by Gasteiger charge is 2.38. The van der Waals surface area contributed by atoms with E-state index in [1.54, 1.807) is 0 Å². The van der Waals surface area contributed by atoms with Crippen LogP contribution in [0.2, 0.25) is 0 Å². The van der Waals surface area contributed by atoms with Crippen LogP contribution in [0.15, 0.2) is 54.6 Å². The molecule has 2 aromatic rings. The number of nitrogens with one attached hydrogen (secondary N) is 1. The van der Waals surface area contributed by atoms with Gasteiger partial charge in [0.2, 0.25) is 5.91 Å². The van der Waals surface area contributed by atoms with E-state index in [4.69, 9.17) is 9.84 Å². The molecule has 1 saturated heterocycles. The minimum absolute atomic E-state index is 0.119. The van der Waals surface area contributed by atoms with Crippen LogP contribution in [0.4, 0.5) is 0 Å². The summed E-state index contributed by atoms with van der Waals surface area (Å²) in [6.45, 7) is 0.720. The Morgan fingerprint density at radius 2 is 1.72 bits per heavy atom. The summed E-state index contributed by atoms with van der Waals surface area (Å²) in [5, 5.41) is 11.9. The van der Waals surface area contributed by atoms with Crippen molar-refractivity contribution in [1.82, 2.24) is 5.32 Å². The van der Waals surface area contributed by atoms with E-state index < -0.39 is 11.5 Å². The Balaban J connectivity index is 1.63. The van der Waals surface area contributed by atoms with E-state index in [0.717, 1.165) is 16.7 Å². The highest BCUT2D eigenvalue weighted by Crippen LogP contribution is 2.23. The van der Waals surface area contributed by atoms with Gasteiger partial charge in [0, 0.05) is 6.61 Å². The van der Waals surface area contributed by atoms with Gasteiger partial charge >= 0.3 is 5.97 Å². The number of benzene rings is 2. The molecule has 3 rings (SSSR count). The number of hydrogen-bond acceptors (Lipinski definition) is 3. The van der Waals surface area contributed by atoms with Gasteiger partial charge in [0.05, 0.1) is 25.0 Å². The largest absolute Gasteiger partial charge is 0.481 e. The maximum Gasteiger partial charge on any atom is 0.305 e. The van der Waals surface area contributed by atoms with Gasteiger partial charge < -0.3 is 15.2 Å². The van der Waals surface area contributed by atoms with Gasteiger partial charge in [-0.05, 0) is 23.1 Å². The first-order valence-corrected chi connectivity index (χ1v) is 8.31. The van der Waals surface area contributed by atoms with Crippen molar-refractivity contribution < 1.29 is 19.4 Å². The molecule has 0 spiro atoms. The van der Waals surface area contributed by atoms with Gasteiger partial charge in [0.25, 0.3) is 0 Å². The van der Waals surface area contributed by atoms with Crippen LogP contribution >= 0.6 is 0 Å². The van der Waals surface area contributed by atoms with Crippen molar-refractivity contribution >= 4 is 11.9 Å². The Kier molecular flexibility index (Phi) is 5.14. The first-order chi connectivity index (χ1) is 12.1. The zero-order valence-electron chi connectivity index (χ0n) is 13.9. The molecule has 1 aliphatic rings. The first kappa shape index (κ1) is 17.2. The van der Waals surface area contributed by atoms with E-state index in [2.05, 4.69) is 5.32 Å². The zero-order valence-corrected chi connectivity index (χ0v) is 13.9. The summed E-state index contributed by atoms with van der Waals surface area (Å²) in [4.78, 5) is 23.4. The fourth-order valence-electron chi connectivity index (χ4n) is 3.15. The minimum atomic E-state index is -0.932. The van der Waals surface area contributed by atoms with E-state index in [-0.39, 0.29) is 25.4 Å². The summed E-state index contributed by atoms with van der Waals surface area (Å²) in [5.74, 6) is -1.11. The summed E-state index contributed by atoms with van der Waals surface area (Å²) in [6, 6.07) is 17.9. The van der Waals surface area contributed by atoms with E-state index >= 15 is 0 Å². The van der Waals surface area contributed by atoms with Crippen LogP contribution in [0.25, 0.3) is 11.1 Å². The molecular formula is C20H21NO4. The fourth-order valence-corrected chi connectivity index (χ4v) is 3.15. The summed E-state index contributed by atoms with van der Waals surface area (Å²) >= 11 is 0. The second-order valence-electron chi connectivity index (χ2n) is 6.44. The Hall–Kier alpha value is -2.66. The molecule has 2 N–H and O–H groups in total. The molecule has 0 bridgehead atoms. The number of aliphatic carboxylic acids is 1. The molecule has 1 unspecified atom stereocenters. The Bertz CT molecular complexity index is 734. The second-order valence-corrected chi connectivity index (χ2v) is 6.44. The van der Waals surface area contributed by atoms with E-state index in [1.165, 1.54) is 0 Å².